The maximum atomic E-state index is 5.98. The third-order valence-corrected chi connectivity index (χ3v) is 4.16. The van der Waals surface area contributed by atoms with E-state index in [0.717, 1.165) is 28.2 Å². The minimum absolute atomic E-state index is 0.692. The zero-order valence-electron chi connectivity index (χ0n) is 9.12. The number of aromatic nitrogens is 3. The second-order valence-corrected chi connectivity index (χ2v) is 5.27. The summed E-state index contributed by atoms with van der Waals surface area (Å²) in [6, 6.07) is 5.75. The fraction of sp³-hybridized carbons (Fsp3) is 0.273. The highest BCUT2D eigenvalue weighted by molar-refractivity contribution is 9.10. The van der Waals surface area contributed by atoms with E-state index in [0.29, 0.717) is 10.4 Å². The molecule has 0 aliphatic rings. The number of halogens is 3. The molecule has 0 bridgehead atoms. The summed E-state index contributed by atoms with van der Waals surface area (Å²) in [6.07, 6.45) is 0. The van der Waals surface area contributed by atoms with Gasteiger partial charge in [0.2, 0.25) is 0 Å². The minimum Gasteiger partial charge on any atom is -0.311 e. The lowest BCUT2D eigenvalue weighted by Crippen LogP contribution is -2.01. The third-order valence-electron chi connectivity index (χ3n) is 2.44. The van der Waals surface area contributed by atoms with Crippen LogP contribution < -0.4 is 0 Å². The number of nitrogens with zero attached hydrogens (tertiary/aromatic N) is 3. The van der Waals surface area contributed by atoms with Gasteiger partial charge in [-0.05, 0) is 41.1 Å². The molecule has 6 heteroatoms. The van der Waals surface area contributed by atoms with Gasteiger partial charge >= 0.3 is 0 Å². The van der Waals surface area contributed by atoms with Crippen molar-refractivity contribution >= 4 is 43.5 Å². The molecule has 90 valence electrons. The zero-order valence-corrected chi connectivity index (χ0v) is 13.0. The summed E-state index contributed by atoms with van der Waals surface area (Å²) < 4.78 is 2.94. The van der Waals surface area contributed by atoms with Crippen molar-refractivity contribution in [1.29, 1.82) is 0 Å². The molecule has 0 spiro atoms. The topological polar surface area (TPSA) is 30.7 Å². The molecule has 17 heavy (non-hydrogen) atoms. The number of alkyl halides is 1. The average Bonchev–Trinajstić information content (AvgIpc) is 2.75. The fourth-order valence-electron chi connectivity index (χ4n) is 1.62. The molecule has 0 aliphatic carbocycles. The van der Waals surface area contributed by atoms with Crippen LogP contribution in [0.1, 0.15) is 12.7 Å². The normalized spacial score (nSPS) is 10.8. The SMILES string of the molecule is CCn1c(CBr)nnc1-c1ccc(Cl)c(Br)c1. The van der Waals surface area contributed by atoms with E-state index in [-0.39, 0.29) is 0 Å². The molecule has 0 radical (unpaired) electrons. The molecule has 0 atom stereocenters. The molecule has 0 fully saturated rings. The Morgan fingerprint density at radius 3 is 2.71 bits per heavy atom. The van der Waals surface area contributed by atoms with Crippen LogP contribution in [0.2, 0.25) is 5.02 Å². The first-order valence-corrected chi connectivity index (χ1v) is 7.40. The van der Waals surface area contributed by atoms with Crippen LogP contribution in [0, 0.1) is 0 Å². The van der Waals surface area contributed by atoms with Gasteiger partial charge in [-0.2, -0.15) is 0 Å². The summed E-state index contributed by atoms with van der Waals surface area (Å²) in [5.74, 6) is 1.79. The average molecular weight is 379 g/mol. The van der Waals surface area contributed by atoms with Crippen LogP contribution in [0.5, 0.6) is 0 Å². The highest BCUT2D eigenvalue weighted by Gasteiger charge is 2.12. The highest BCUT2D eigenvalue weighted by Crippen LogP contribution is 2.28. The summed E-state index contributed by atoms with van der Waals surface area (Å²) >= 11 is 12.8. The van der Waals surface area contributed by atoms with E-state index in [1.165, 1.54) is 0 Å². The molecule has 0 amide bonds. The standard InChI is InChI=1S/C11H10Br2ClN3/c1-2-17-10(6-12)15-16-11(17)7-3-4-9(14)8(13)5-7/h3-5H,2,6H2,1H3. The largest absolute Gasteiger partial charge is 0.311 e. The van der Waals surface area contributed by atoms with Crippen LogP contribution in [0.25, 0.3) is 11.4 Å². The molecule has 2 rings (SSSR count). The number of hydrogen-bond donors (Lipinski definition) is 0. The van der Waals surface area contributed by atoms with Crippen molar-refractivity contribution in [2.45, 2.75) is 18.8 Å². The number of rotatable bonds is 3. The van der Waals surface area contributed by atoms with Gasteiger partial charge in [0.15, 0.2) is 5.82 Å². The Morgan fingerprint density at radius 1 is 1.35 bits per heavy atom. The fourth-order valence-corrected chi connectivity index (χ4v) is 2.53. The highest BCUT2D eigenvalue weighted by atomic mass is 79.9. The Hall–Kier alpha value is -0.390. The summed E-state index contributed by atoms with van der Waals surface area (Å²) in [5, 5.41) is 9.76. The Bertz CT molecular complexity index is 540. The predicted molar refractivity (Wildman–Crippen MR) is 76.5 cm³/mol. The van der Waals surface area contributed by atoms with Crippen molar-refractivity contribution in [3.8, 4) is 11.4 Å². The van der Waals surface area contributed by atoms with Gasteiger partial charge in [0.25, 0.3) is 0 Å². The lowest BCUT2D eigenvalue weighted by molar-refractivity contribution is 0.733. The van der Waals surface area contributed by atoms with Gasteiger partial charge in [-0.25, -0.2) is 0 Å². The summed E-state index contributed by atoms with van der Waals surface area (Å²) in [5.41, 5.74) is 1.00. The predicted octanol–water partition coefficient (Wildman–Crippen LogP) is 4.28. The number of hydrogen-bond acceptors (Lipinski definition) is 2. The first-order chi connectivity index (χ1) is 8.17. The van der Waals surface area contributed by atoms with Crippen LogP contribution >= 0.6 is 43.5 Å². The zero-order chi connectivity index (χ0) is 12.4. The second-order valence-electron chi connectivity index (χ2n) is 3.45. The van der Waals surface area contributed by atoms with Gasteiger partial charge in [0.05, 0.1) is 10.4 Å². The molecular formula is C11H10Br2ClN3. The second kappa shape index (κ2) is 5.50. The first kappa shape index (κ1) is 13.1. The van der Waals surface area contributed by atoms with Gasteiger partial charge in [0, 0.05) is 16.6 Å². The van der Waals surface area contributed by atoms with Crippen LogP contribution in [0.3, 0.4) is 0 Å². The third kappa shape index (κ3) is 2.56. The van der Waals surface area contributed by atoms with E-state index in [2.05, 4.69) is 53.5 Å². The Labute approximate surface area is 121 Å². The van der Waals surface area contributed by atoms with Crippen molar-refractivity contribution in [2.75, 3.05) is 0 Å². The molecule has 1 aromatic carbocycles. The van der Waals surface area contributed by atoms with E-state index in [9.17, 15) is 0 Å². The van der Waals surface area contributed by atoms with E-state index >= 15 is 0 Å². The van der Waals surface area contributed by atoms with Crippen LogP contribution in [0.15, 0.2) is 22.7 Å². The lowest BCUT2D eigenvalue weighted by Gasteiger charge is -2.06. The van der Waals surface area contributed by atoms with E-state index in [1.54, 1.807) is 0 Å². The first-order valence-electron chi connectivity index (χ1n) is 5.10. The van der Waals surface area contributed by atoms with Crippen LogP contribution in [0.4, 0.5) is 0 Å². The Kier molecular flexibility index (Phi) is 4.22. The summed E-state index contributed by atoms with van der Waals surface area (Å²) in [6.45, 7) is 2.91. The van der Waals surface area contributed by atoms with Crippen molar-refractivity contribution < 1.29 is 0 Å². The Morgan fingerprint density at radius 2 is 2.12 bits per heavy atom. The molecule has 1 aromatic heterocycles. The molecular weight excluding hydrogens is 369 g/mol. The monoisotopic (exact) mass is 377 g/mol. The van der Waals surface area contributed by atoms with Gasteiger partial charge in [-0.15, -0.1) is 10.2 Å². The van der Waals surface area contributed by atoms with Crippen molar-refractivity contribution in [3.63, 3.8) is 0 Å². The van der Waals surface area contributed by atoms with Gasteiger partial charge in [-0.3, -0.25) is 0 Å². The van der Waals surface area contributed by atoms with Gasteiger partial charge in [-0.1, -0.05) is 27.5 Å². The van der Waals surface area contributed by atoms with Crippen molar-refractivity contribution in [2.24, 2.45) is 0 Å². The smallest absolute Gasteiger partial charge is 0.164 e. The summed E-state index contributed by atoms with van der Waals surface area (Å²) in [4.78, 5) is 0. The molecule has 1 heterocycles. The van der Waals surface area contributed by atoms with Crippen LogP contribution in [-0.4, -0.2) is 14.8 Å². The molecule has 0 saturated carbocycles. The number of benzene rings is 1. The van der Waals surface area contributed by atoms with Gasteiger partial charge < -0.3 is 4.57 Å². The minimum atomic E-state index is 0.692. The van der Waals surface area contributed by atoms with E-state index in [1.807, 2.05) is 18.2 Å². The quantitative estimate of drug-likeness (QED) is 0.746. The maximum Gasteiger partial charge on any atom is 0.164 e. The molecule has 0 aliphatic heterocycles. The maximum absolute atomic E-state index is 5.98. The molecule has 0 saturated heterocycles. The van der Waals surface area contributed by atoms with Gasteiger partial charge in [0.1, 0.15) is 5.82 Å². The Balaban J connectivity index is 2.52. The molecule has 3 nitrogen and oxygen atoms in total. The lowest BCUT2D eigenvalue weighted by atomic mass is 10.2. The van der Waals surface area contributed by atoms with E-state index in [4.69, 9.17) is 11.6 Å². The van der Waals surface area contributed by atoms with Crippen molar-refractivity contribution in [1.82, 2.24) is 14.8 Å². The van der Waals surface area contributed by atoms with Crippen molar-refractivity contribution in [3.05, 3.63) is 33.5 Å². The van der Waals surface area contributed by atoms with E-state index < -0.39 is 0 Å². The summed E-state index contributed by atoms with van der Waals surface area (Å²) in [7, 11) is 0. The molecule has 2 aromatic rings. The molecule has 0 N–H and O–H groups in total. The molecule has 0 unspecified atom stereocenters. The van der Waals surface area contributed by atoms with Crippen LogP contribution in [-0.2, 0) is 11.9 Å².